The van der Waals surface area contributed by atoms with Crippen LogP contribution >= 0.6 is 0 Å². The summed E-state index contributed by atoms with van der Waals surface area (Å²) in [5.41, 5.74) is -2.23. The van der Waals surface area contributed by atoms with Gasteiger partial charge in [-0.25, -0.2) is 9.97 Å². The molecule has 24 heavy (non-hydrogen) atoms. The molecule has 0 atom stereocenters. The fourth-order valence-corrected chi connectivity index (χ4v) is 2.33. The average molecular weight is 341 g/mol. The Balaban J connectivity index is 2.38. The van der Waals surface area contributed by atoms with Gasteiger partial charge in [-0.15, -0.1) is 0 Å². The van der Waals surface area contributed by atoms with Gasteiger partial charge in [0.2, 0.25) is 5.82 Å². The highest BCUT2D eigenvalue weighted by atomic mass is 19.4. The Kier molecular flexibility index (Phi) is 5.13. The molecule has 0 aromatic carbocycles. The second-order valence-corrected chi connectivity index (χ2v) is 6.20. The maximum atomic E-state index is 13.2. The normalized spacial score (nSPS) is 16.5. The summed E-state index contributed by atoms with van der Waals surface area (Å²) in [7, 11) is 0. The summed E-state index contributed by atoms with van der Waals surface area (Å²) < 4.78 is 39.6. The fourth-order valence-electron chi connectivity index (χ4n) is 2.33. The summed E-state index contributed by atoms with van der Waals surface area (Å²) in [4.78, 5) is 19.9. The first kappa shape index (κ1) is 18.2. The number of piperidine rings is 1. The van der Waals surface area contributed by atoms with Crippen molar-refractivity contribution in [1.82, 2.24) is 9.97 Å². The maximum Gasteiger partial charge on any atom is 0.421 e. The van der Waals surface area contributed by atoms with E-state index in [1.165, 1.54) is 18.7 Å². The number of anilines is 1. The molecule has 1 N–H and O–H groups in total. The molecule has 130 valence electrons. The molecule has 0 aliphatic carbocycles. The van der Waals surface area contributed by atoms with E-state index < -0.39 is 17.3 Å². The Morgan fingerprint density at radius 2 is 1.96 bits per heavy atom. The van der Waals surface area contributed by atoms with Crippen molar-refractivity contribution in [3.8, 4) is 11.8 Å². The van der Waals surface area contributed by atoms with Crippen LogP contribution in [-0.4, -0.2) is 40.1 Å². The molecule has 1 aliphatic rings. The van der Waals surface area contributed by atoms with Crippen molar-refractivity contribution in [2.75, 3.05) is 18.0 Å². The van der Waals surface area contributed by atoms with Crippen molar-refractivity contribution in [1.29, 1.82) is 0 Å². The van der Waals surface area contributed by atoms with Gasteiger partial charge in [0.1, 0.15) is 23.3 Å². The molecule has 5 nitrogen and oxygen atoms in total. The van der Waals surface area contributed by atoms with Gasteiger partial charge in [-0.3, -0.25) is 0 Å². The van der Waals surface area contributed by atoms with Crippen molar-refractivity contribution in [2.24, 2.45) is 5.92 Å². The third-order valence-electron chi connectivity index (χ3n) is 3.59. The quantitative estimate of drug-likeness (QED) is 0.659. The summed E-state index contributed by atoms with van der Waals surface area (Å²) >= 11 is 0. The Hall–Kier alpha value is -2.14. The zero-order chi connectivity index (χ0) is 18.0. The number of rotatable bonds is 2. The number of hydrogen-bond donors (Lipinski definition) is 1. The van der Waals surface area contributed by atoms with Crippen LogP contribution in [0, 0.1) is 17.8 Å². The number of aliphatic hydroxyl groups is 1. The van der Waals surface area contributed by atoms with Gasteiger partial charge in [0.05, 0.1) is 0 Å². The van der Waals surface area contributed by atoms with Crippen LogP contribution in [0.5, 0.6) is 0 Å². The van der Waals surface area contributed by atoms with E-state index in [-0.39, 0.29) is 17.6 Å². The Labute approximate surface area is 137 Å². The fraction of sp³-hybridized carbons (Fsp3) is 0.562. The SMILES string of the molecule is CC(C)(O)C#Cc1ncc(C(F)(F)F)c(N2CCC(C=O)CC2)n1. The lowest BCUT2D eigenvalue weighted by Gasteiger charge is -2.32. The number of halogens is 3. The predicted molar refractivity (Wildman–Crippen MR) is 81.2 cm³/mol. The van der Waals surface area contributed by atoms with E-state index >= 15 is 0 Å². The van der Waals surface area contributed by atoms with Crippen LogP contribution < -0.4 is 4.90 Å². The summed E-state index contributed by atoms with van der Waals surface area (Å²) in [5, 5.41) is 9.58. The summed E-state index contributed by atoms with van der Waals surface area (Å²) in [5.74, 6) is 4.52. The smallest absolute Gasteiger partial charge is 0.378 e. The number of aromatic nitrogens is 2. The molecule has 1 fully saturated rings. The molecule has 0 saturated carbocycles. The van der Waals surface area contributed by atoms with E-state index in [2.05, 4.69) is 21.8 Å². The summed E-state index contributed by atoms with van der Waals surface area (Å²) in [6, 6.07) is 0. The molecule has 0 bridgehead atoms. The number of nitrogens with zero attached hydrogens (tertiary/aromatic N) is 3. The van der Waals surface area contributed by atoms with Gasteiger partial charge >= 0.3 is 6.18 Å². The third kappa shape index (κ3) is 4.68. The van der Waals surface area contributed by atoms with Crippen molar-refractivity contribution >= 4 is 12.1 Å². The van der Waals surface area contributed by atoms with Crippen LogP contribution in [0.3, 0.4) is 0 Å². The van der Waals surface area contributed by atoms with Crippen molar-refractivity contribution in [3.63, 3.8) is 0 Å². The molecule has 1 saturated heterocycles. The molecule has 8 heteroatoms. The van der Waals surface area contributed by atoms with Gasteiger partial charge in [-0.1, -0.05) is 5.92 Å². The zero-order valence-electron chi connectivity index (χ0n) is 13.4. The number of aldehydes is 1. The minimum Gasteiger partial charge on any atom is -0.378 e. The van der Waals surface area contributed by atoms with E-state index in [0.29, 0.717) is 32.1 Å². The number of carbonyl (C=O) groups is 1. The second kappa shape index (κ2) is 6.77. The molecule has 0 spiro atoms. The van der Waals surface area contributed by atoms with E-state index in [1.54, 1.807) is 0 Å². The molecule has 1 aromatic rings. The Morgan fingerprint density at radius 1 is 1.33 bits per heavy atom. The van der Waals surface area contributed by atoms with Gasteiger partial charge in [0.25, 0.3) is 0 Å². The molecular weight excluding hydrogens is 323 g/mol. The molecule has 1 aliphatic heterocycles. The summed E-state index contributed by atoms with van der Waals surface area (Å²) in [6.07, 6.45) is -2.07. The first-order valence-electron chi connectivity index (χ1n) is 7.50. The largest absolute Gasteiger partial charge is 0.421 e. The van der Waals surface area contributed by atoms with E-state index in [0.717, 1.165) is 6.29 Å². The maximum absolute atomic E-state index is 13.2. The third-order valence-corrected chi connectivity index (χ3v) is 3.59. The highest BCUT2D eigenvalue weighted by molar-refractivity contribution is 5.56. The van der Waals surface area contributed by atoms with Crippen molar-refractivity contribution < 1.29 is 23.1 Å². The summed E-state index contributed by atoms with van der Waals surface area (Å²) in [6.45, 7) is 3.52. The standard InChI is InChI=1S/C16H18F3N3O2/c1-15(2,24)6-3-13-20-9-12(16(17,18)19)14(21-13)22-7-4-11(10-23)5-8-22/h9-11,24H,4-5,7-8H2,1-2H3. The zero-order valence-corrected chi connectivity index (χ0v) is 13.4. The van der Waals surface area contributed by atoms with Gasteiger partial charge in [0.15, 0.2) is 0 Å². The number of hydrogen-bond acceptors (Lipinski definition) is 5. The van der Waals surface area contributed by atoms with Gasteiger partial charge in [0, 0.05) is 25.2 Å². The lowest BCUT2D eigenvalue weighted by molar-refractivity contribution is -0.137. The van der Waals surface area contributed by atoms with Crippen LogP contribution in [0.4, 0.5) is 19.0 Å². The van der Waals surface area contributed by atoms with Crippen molar-refractivity contribution in [3.05, 3.63) is 17.6 Å². The molecule has 2 rings (SSSR count). The number of alkyl halides is 3. The number of carbonyl (C=O) groups excluding carboxylic acids is 1. The van der Waals surface area contributed by atoms with E-state index in [1.807, 2.05) is 0 Å². The second-order valence-electron chi connectivity index (χ2n) is 6.20. The average Bonchev–Trinajstić information content (AvgIpc) is 2.51. The van der Waals surface area contributed by atoms with Gasteiger partial charge in [-0.05, 0) is 32.6 Å². The molecule has 0 unspecified atom stereocenters. The molecule has 0 amide bonds. The van der Waals surface area contributed by atoms with Crippen LogP contribution in [-0.2, 0) is 11.0 Å². The van der Waals surface area contributed by atoms with E-state index in [9.17, 15) is 23.1 Å². The monoisotopic (exact) mass is 341 g/mol. The Bertz CT molecular complexity index is 664. The molecule has 0 radical (unpaired) electrons. The van der Waals surface area contributed by atoms with Gasteiger partial charge in [-0.2, -0.15) is 13.2 Å². The van der Waals surface area contributed by atoms with Crippen LogP contribution in [0.15, 0.2) is 6.20 Å². The van der Waals surface area contributed by atoms with Crippen molar-refractivity contribution in [2.45, 2.75) is 38.5 Å². The van der Waals surface area contributed by atoms with Gasteiger partial charge < -0.3 is 14.8 Å². The lowest BCUT2D eigenvalue weighted by Crippen LogP contribution is -2.36. The van der Waals surface area contributed by atoms with Crippen LogP contribution in [0.25, 0.3) is 0 Å². The molecule has 1 aromatic heterocycles. The predicted octanol–water partition coefficient (Wildman–Crippen LogP) is 2.03. The van der Waals surface area contributed by atoms with Crippen LogP contribution in [0.2, 0.25) is 0 Å². The van der Waals surface area contributed by atoms with E-state index in [4.69, 9.17) is 0 Å². The topological polar surface area (TPSA) is 66.3 Å². The first-order chi connectivity index (χ1) is 11.1. The Morgan fingerprint density at radius 3 is 2.46 bits per heavy atom. The highest BCUT2D eigenvalue weighted by Gasteiger charge is 2.37. The lowest BCUT2D eigenvalue weighted by atomic mass is 9.98. The first-order valence-corrected chi connectivity index (χ1v) is 7.50. The molecular formula is C16H18F3N3O2. The minimum atomic E-state index is -4.58. The molecule has 2 heterocycles. The highest BCUT2D eigenvalue weighted by Crippen LogP contribution is 2.36. The minimum absolute atomic E-state index is 0.0855. The van der Waals surface area contributed by atoms with Crippen LogP contribution in [0.1, 0.15) is 38.1 Å².